The SMILES string of the molecule is O=C(NC[C@@H]1CCS(=O)(=O)C1)Nc1ccc2c(c1)OCO2. The lowest BCUT2D eigenvalue weighted by molar-refractivity contribution is 0.174. The predicted octanol–water partition coefficient (Wildman–Crippen LogP) is 0.971. The topological polar surface area (TPSA) is 93.7 Å². The fourth-order valence-electron chi connectivity index (χ4n) is 2.42. The Kier molecular flexibility index (Phi) is 3.62. The van der Waals surface area contributed by atoms with Gasteiger partial charge in [0.2, 0.25) is 6.79 Å². The average molecular weight is 312 g/mol. The zero-order valence-electron chi connectivity index (χ0n) is 11.3. The van der Waals surface area contributed by atoms with Crippen LogP contribution in [-0.2, 0) is 9.84 Å². The summed E-state index contributed by atoms with van der Waals surface area (Å²) in [6.45, 7) is 0.538. The van der Waals surface area contributed by atoms with Gasteiger partial charge in [-0.05, 0) is 24.5 Å². The van der Waals surface area contributed by atoms with Crippen LogP contribution in [0.15, 0.2) is 18.2 Å². The van der Waals surface area contributed by atoms with E-state index in [9.17, 15) is 13.2 Å². The Morgan fingerprint density at radius 3 is 2.86 bits per heavy atom. The Hall–Kier alpha value is -1.96. The highest BCUT2D eigenvalue weighted by Gasteiger charge is 2.27. The average Bonchev–Trinajstić information content (AvgIpc) is 3.02. The molecule has 0 aromatic heterocycles. The monoisotopic (exact) mass is 312 g/mol. The molecule has 8 heteroatoms. The maximum Gasteiger partial charge on any atom is 0.319 e. The Balaban J connectivity index is 1.50. The number of hydrogen-bond acceptors (Lipinski definition) is 5. The van der Waals surface area contributed by atoms with Crippen LogP contribution in [0, 0.1) is 5.92 Å². The molecule has 3 rings (SSSR count). The summed E-state index contributed by atoms with van der Waals surface area (Å²) in [7, 11) is -2.91. The van der Waals surface area contributed by atoms with E-state index in [1.807, 2.05) is 0 Å². The summed E-state index contributed by atoms with van der Waals surface area (Å²) >= 11 is 0. The highest BCUT2D eigenvalue weighted by Crippen LogP contribution is 2.34. The minimum absolute atomic E-state index is 0.00231. The van der Waals surface area contributed by atoms with Gasteiger partial charge in [0.15, 0.2) is 21.3 Å². The van der Waals surface area contributed by atoms with Crippen molar-refractivity contribution in [1.82, 2.24) is 5.32 Å². The third kappa shape index (κ3) is 3.38. The van der Waals surface area contributed by atoms with Crippen LogP contribution in [0.4, 0.5) is 10.5 Å². The number of fused-ring (bicyclic) bond motifs is 1. The maximum absolute atomic E-state index is 11.8. The van der Waals surface area contributed by atoms with E-state index < -0.39 is 9.84 Å². The minimum atomic E-state index is -2.91. The van der Waals surface area contributed by atoms with E-state index in [0.29, 0.717) is 30.2 Å². The molecule has 2 aliphatic heterocycles. The van der Waals surface area contributed by atoms with Gasteiger partial charge in [-0.1, -0.05) is 0 Å². The first-order chi connectivity index (χ1) is 10.0. The van der Waals surface area contributed by atoms with Crippen molar-refractivity contribution in [2.75, 3.05) is 30.2 Å². The molecule has 1 aromatic rings. The maximum atomic E-state index is 11.8. The van der Waals surface area contributed by atoms with Gasteiger partial charge in [-0.2, -0.15) is 0 Å². The number of nitrogens with one attached hydrogen (secondary N) is 2. The summed E-state index contributed by atoms with van der Waals surface area (Å²) in [5.41, 5.74) is 0.593. The summed E-state index contributed by atoms with van der Waals surface area (Å²) < 4.78 is 33.1. The molecule has 0 aliphatic carbocycles. The van der Waals surface area contributed by atoms with Gasteiger partial charge in [-0.3, -0.25) is 0 Å². The standard InChI is InChI=1S/C13H16N2O5S/c16-13(14-6-9-3-4-21(17,18)7-9)15-10-1-2-11-12(5-10)20-8-19-11/h1-2,5,9H,3-4,6-8H2,(H2,14,15,16)/t9-/m0/s1. The molecule has 114 valence electrons. The van der Waals surface area contributed by atoms with Gasteiger partial charge < -0.3 is 20.1 Å². The Bertz CT molecular complexity index is 659. The van der Waals surface area contributed by atoms with Gasteiger partial charge in [0.05, 0.1) is 11.5 Å². The molecule has 0 saturated carbocycles. The van der Waals surface area contributed by atoms with Gasteiger partial charge in [-0.25, -0.2) is 13.2 Å². The zero-order valence-corrected chi connectivity index (χ0v) is 12.1. The van der Waals surface area contributed by atoms with E-state index in [2.05, 4.69) is 10.6 Å². The number of ether oxygens (including phenoxy) is 2. The number of benzene rings is 1. The third-order valence-electron chi connectivity index (χ3n) is 3.51. The van der Waals surface area contributed by atoms with E-state index in [-0.39, 0.29) is 30.2 Å². The first-order valence-electron chi connectivity index (χ1n) is 6.67. The fourth-order valence-corrected chi connectivity index (χ4v) is 4.28. The summed E-state index contributed by atoms with van der Waals surface area (Å²) in [5, 5.41) is 5.37. The number of amides is 2. The lowest BCUT2D eigenvalue weighted by Crippen LogP contribution is -2.33. The van der Waals surface area contributed by atoms with Crippen molar-refractivity contribution >= 4 is 21.6 Å². The normalized spacial score (nSPS) is 22.0. The van der Waals surface area contributed by atoms with Gasteiger partial charge in [-0.15, -0.1) is 0 Å². The first-order valence-corrected chi connectivity index (χ1v) is 8.49. The minimum Gasteiger partial charge on any atom is -0.454 e. The van der Waals surface area contributed by atoms with Gasteiger partial charge in [0.25, 0.3) is 0 Å². The van der Waals surface area contributed by atoms with Gasteiger partial charge in [0, 0.05) is 18.3 Å². The molecule has 0 radical (unpaired) electrons. The van der Waals surface area contributed by atoms with Crippen LogP contribution < -0.4 is 20.1 Å². The van der Waals surface area contributed by atoms with Crippen LogP contribution >= 0.6 is 0 Å². The van der Waals surface area contributed by atoms with Crippen molar-refractivity contribution in [3.8, 4) is 11.5 Å². The largest absolute Gasteiger partial charge is 0.454 e. The Morgan fingerprint density at radius 2 is 2.10 bits per heavy atom. The molecule has 2 N–H and O–H groups in total. The molecule has 1 atom stereocenters. The van der Waals surface area contributed by atoms with Crippen molar-refractivity contribution in [1.29, 1.82) is 0 Å². The number of anilines is 1. The molecule has 0 spiro atoms. The van der Waals surface area contributed by atoms with E-state index >= 15 is 0 Å². The molecular formula is C13H16N2O5S. The van der Waals surface area contributed by atoms with Crippen molar-refractivity contribution in [2.45, 2.75) is 6.42 Å². The lowest BCUT2D eigenvalue weighted by atomic mass is 10.1. The summed E-state index contributed by atoms with van der Waals surface area (Å²) in [6, 6.07) is 4.76. The number of carbonyl (C=O) groups is 1. The lowest BCUT2D eigenvalue weighted by Gasteiger charge is -2.11. The van der Waals surface area contributed by atoms with Crippen LogP contribution in [-0.4, -0.2) is 39.3 Å². The van der Waals surface area contributed by atoms with Crippen LogP contribution in [0.25, 0.3) is 0 Å². The Morgan fingerprint density at radius 1 is 1.29 bits per heavy atom. The second-order valence-electron chi connectivity index (χ2n) is 5.17. The van der Waals surface area contributed by atoms with Crippen molar-refractivity contribution in [3.05, 3.63) is 18.2 Å². The molecule has 21 heavy (non-hydrogen) atoms. The highest BCUT2D eigenvalue weighted by molar-refractivity contribution is 7.91. The van der Waals surface area contributed by atoms with Crippen molar-refractivity contribution in [2.24, 2.45) is 5.92 Å². The highest BCUT2D eigenvalue weighted by atomic mass is 32.2. The van der Waals surface area contributed by atoms with Crippen LogP contribution in [0.2, 0.25) is 0 Å². The smallest absolute Gasteiger partial charge is 0.319 e. The number of urea groups is 1. The van der Waals surface area contributed by atoms with Crippen LogP contribution in [0.1, 0.15) is 6.42 Å². The summed E-state index contributed by atoms with van der Waals surface area (Å²) in [5.74, 6) is 1.60. The van der Waals surface area contributed by atoms with E-state index in [4.69, 9.17) is 9.47 Å². The Labute approximate surface area is 122 Å². The number of sulfone groups is 1. The van der Waals surface area contributed by atoms with E-state index in [1.54, 1.807) is 18.2 Å². The van der Waals surface area contributed by atoms with E-state index in [0.717, 1.165) is 0 Å². The first kappa shape index (κ1) is 14.0. The van der Waals surface area contributed by atoms with Gasteiger partial charge >= 0.3 is 6.03 Å². The second kappa shape index (κ2) is 5.44. The third-order valence-corrected chi connectivity index (χ3v) is 5.35. The fraction of sp³-hybridized carbons (Fsp3) is 0.462. The molecule has 1 fully saturated rings. The zero-order chi connectivity index (χ0) is 14.9. The van der Waals surface area contributed by atoms with Crippen molar-refractivity contribution < 1.29 is 22.7 Å². The van der Waals surface area contributed by atoms with E-state index in [1.165, 1.54) is 0 Å². The van der Waals surface area contributed by atoms with Gasteiger partial charge in [0.1, 0.15) is 0 Å². The molecule has 1 saturated heterocycles. The number of hydrogen-bond donors (Lipinski definition) is 2. The van der Waals surface area contributed by atoms with Crippen LogP contribution in [0.3, 0.4) is 0 Å². The molecule has 0 unspecified atom stereocenters. The predicted molar refractivity (Wildman–Crippen MR) is 76.3 cm³/mol. The summed E-state index contributed by atoms with van der Waals surface area (Å²) in [4.78, 5) is 11.8. The molecule has 2 heterocycles. The molecular weight excluding hydrogens is 296 g/mol. The number of carbonyl (C=O) groups excluding carboxylic acids is 1. The molecule has 7 nitrogen and oxygen atoms in total. The second-order valence-corrected chi connectivity index (χ2v) is 7.40. The summed E-state index contributed by atoms with van der Waals surface area (Å²) in [6.07, 6.45) is 0.604. The molecule has 2 aliphatic rings. The molecule has 2 amide bonds. The molecule has 1 aromatic carbocycles. The van der Waals surface area contributed by atoms with Crippen molar-refractivity contribution in [3.63, 3.8) is 0 Å². The van der Waals surface area contributed by atoms with Crippen LogP contribution in [0.5, 0.6) is 11.5 Å². The molecule has 0 bridgehead atoms. The number of rotatable bonds is 3. The quantitative estimate of drug-likeness (QED) is 0.867.